The normalized spacial score (nSPS) is 17.6. The molecule has 0 aliphatic carbocycles. The van der Waals surface area contributed by atoms with E-state index >= 15 is 0 Å². The molecule has 0 saturated carbocycles. The highest BCUT2D eigenvalue weighted by molar-refractivity contribution is 5.96. The van der Waals surface area contributed by atoms with Crippen molar-refractivity contribution >= 4 is 17.5 Å². The summed E-state index contributed by atoms with van der Waals surface area (Å²) in [5, 5.41) is 4.94. The molecular formula is C15H19F2N3O2. The first-order valence-corrected chi connectivity index (χ1v) is 7.14. The lowest BCUT2D eigenvalue weighted by Crippen LogP contribution is -2.41. The van der Waals surface area contributed by atoms with E-state index in [1.165, 1.54) is 0 Å². The minimum Gasteiger partial charge on any atom is -0.350 e. The van der Waals surface area contributed by atoms with Gasteiger partial charge in [0.1, 0.15) is 0 Å². The van der Waals surface area contributed by atoms with Crippen LogP contribution in [0, 0.1) is 5.92 Å². The minimum atomic E-state index is -3.10. The molecule has 4 N–H and O–H groups in total. The molecule has 1 aromatic rings. The van der Waals surface area contributed by atoms with Gasteiger partial charge in [0.2, 0.25) is 11.8 Å². The maximum absolute atomic E-state index is 12.9. The highest BCUT2D eigenvalue weighted by Gasteiger charge is 2.28. The van der Waals surface area contributed by atoms with Gasteiger partial charge >= 0.3 is 0 Å². The predicted octanol–water partition coefficient (Wildman–Crippen LogP) is 1.29. The first kappa shape index (κ1) is 16.4. The summed E-state index contributed by atoms with van der Waals surface area (Å²) in [5.74, 6) is -4.06. The second-order valence-corrected chi connectivity index (χ2v) is 5.42. The Hall–Kier alpha value is -2.02. The lowest BCUT2D eigenvalue weighted by atomic mass is 9.89. The smallest absolute Gasteiger partial charge is 0.277 e. The highest BCUT2D eigenvalue weighted by atomic mass is 19.3. The maximum atomic E-state index is 12.9. The van der Waals surface area contributed by atoms with Crippen LogP contribution in [0.3, 0.4) is 0 Å². The number of amides is 2. The van der Waals surface area contributed by atoms with Crippen LogP contribution in [0.4, 0.5) is 14.5 Å². The number of nitrogens with two attached hydrogens (primary N) is 1. The molecule has 1 unspecified atom stereocenters. The van der Waals surface area contributed by atoms with E-state index < -0.39 is 24.9 Å². The summed E-state index contributed by atoms with van der Waals surface area (Å²) in [6.07, 6.45) is 0.898. The molecule has 1 aliphatic heterocycles. The summed E-state index contributed by atoms with van der Waals surface area (Å²) in [5.41, 5.74) is 6.70. The topological polar surface area (TPSA) is 84.2 Å². The number of alkyl halides is 2. The molecule has 1 heterocycles. The van der Waals surface area contributed by atoms with Gasteiger partial charge in [-0.3, -0.25) is 9.59 Å². The largest absolute Gasteiger partial charge is 0.350 e. The van der Waals surface area contributed by atoms with Gasteiger partial charge in [0.15, 0.2) is 0 Å². The molecule has 5 nitrogen and oxygen atoms in total. The third kappa shape index (κ3) is 4.24. The van der Waals surface area contributed by atoms with E-state index in [1.807, 2.05) is 24.3 Å². The number of halogens is 2. The molecule has 0 spiro atoms. The third-order valence-corrected chi connectivity index (χ3v) is 3.68. The highest BCUT2D eigenvalue weighted by Crippen LogP contribution is 2.27. The summed E-state index contributed by atoms with van der Waals surface area (Å²) in [6.45, 7) is -1.59. The van der Waals surface area contributed by atoms with Crippen molar-refractivity contribution in [2.24, 2.45) is 11.7 Å². The Kier molecular flexibility index (Phi) is 5.07. The number of para-hydroxylation sites is 1. The Labute approximate surface area is 127 Å². The maximum Gasteiger partial charge on any atom is 0.277 e. The van der Waals surface area contributed by atoms with Gasteiger partial charge in [-0.15, -0.1) is 0 Å². The molecule has 2 amide bonds. The van der Waals surface area contributed by atoms with Crippen LogP contribution in [0.1, 0.15) is 18.4 Å². The SMILES string of the molecule is NCC(F)(F)CNC(=O)CCC1Cc2ccccc2NC1=O. The van der Waals surface area contributed by atoms with Crippen molar-refractivity contribution in [3.05, 3.63) is 29.8 Å². The van der Waals surface area contributed by atoms with Crippen molar-refractivity contribution in [3.63, 3.8) is 0 Å². The molecule has 0 radical (unpaired) electrons. The number of hydrogen-bond donors (Lipinski definition) is 3. The molecule has 120 valence electrons. The molecule has 0 saturated heterocycles. The monoisotopic (exact) mass is 311 g/mol. The van der Waals surface area contributed by atoms with E-state index in [4.69, 9.17) is 5.73 Å². The third-order valence-electron chi connectivity index (χ3n) is 3.68. The standard InChI is InChI=1S/C15H19F2N3O2/c16-15(17,8-18)9-19-13(21)6-5-11-7-10-3-1-2-4-12(10)20-14(11)22/h1-4,11H,5-9,18H2,(H,19,21)(H,20,22). The number of hydrogen-bond acceptors (Lipinski definition) is 3. The zero-order valence-electron chi connectivity index (χ0n) is 12.1. The van der Waals surface area contributed by atoms with Gasteiger partial charge in [0.05, 0.1) is 13.1 Å². The van der Waals surface area contributed by atoms with Gasteiger partial charge in [-0.05, 0) is 24.5 Å². The van der Waals surface area contributed by atoms with Gasteiger partial charge < -0.3 is 16.4 Å². The van der Waals surface area contributed by atoms with E-state index in [2.05, 4.69) is 10.6 Å². The number of nitrogens with one attached hydrogen (secondary N) is 2. The zero-order valence-corrected chi connectivity index (χ0v) is 12.1. The van der Waals surface area contributed by atoms with Crippen LogP contribution in [0.25, 0.3) is 0 Å². The Morgan fingerprint density at radius 2 is 2.14 bits per heavy atom. The predicted molar refractivity (Wildman–Crippen MR) is 78.5 cm³/mol. The molecule has 7 heteroatoms. The molecule has 1 aliphatic rings. The van der Waals surface area contributed by atoms with Crippen LogP contribution in [0.15, 0.2) is 24.3 Å². The molecule has 0 aromatic heterocycles. The number of fused-ring (bicyclic) bond motifs is 1. The molecule has 1 atom stereocenters. The first-order chi connectivity index (χ1) is 10.4. The van der Waals surface area contributed by atoms with Crippen LogP contribution in [0.5, 0.6) is 0 Å². The van der Waals surface area contributed by atoms with Crippen molar-refractivity contribution in [1.82, 2.24) is 5.32 Å². The fourth-order valence-electron chi connectivity index (χ4n) is 2.34. The Morgan fingerprint density at radius 1 is 1.41 bits per heavy atom. The minimum absolute atomic E-state index is 0.0287. The van der Waals surface area contributed by atoms with Gasteiger partial charge in [0.25, 0.3) is 5.92 Å². The summed E-state index contributed by atoms with van der Waals surface area (Å²) in [4.78, 5) is 23.5. The number of rotatable bonds is 6. The first-order valence-electron chi connectivity index (χ1n) is 7.14. The molecule has 2 rings (SSSR count). The number of carbonyl (C=O) groups excluding carboxylic acids is 2. The number of carbonyl (C=O) groups is 2. The molecule has 1 aromatic carbocycles. The van der Waals surface area contributed by atoms with Crippen LogP contribution in [0.2, 0.25) is 0 Å². The van der Waals surface area contributed by atoms with Gasteiger partial charge in [-0.25, -0.2) is 8.78 Å². The van der Waals surface area contributed by atoms with Crippen LogP contribution in [-0.2, 0) is 16.0 Å². The Bertz CT molecular complexity index is 563. The number of anilines is 1. The average Bonchev–Trinajstić information content (AvgIpc) is 2.51. The van der Waals surface area contributed by atoms with Gasteiger partial charge in [-0.1, -0.05) is 18.2 Å². The summed E-state index contributed by atoms with van der Waals surface area (Å²) in [6, 6.07) is 7.47. The summed E-state index contributed by atoms with van der Waals surface area (Å²) < 4.78 is 25.9. The molecule has 0 bridgehead atoms. The van der Waals surface area contributed by atoms with Crippen molar-refractivity contribution in [3.8, 4) is 0 Å². The molecule has 0 fully saturated rings. The fraction of sp³-hybridized carbons (Fsp3) is 0.467. The van der Waals surface area contributed by atoms with Crippen LogP contribution in [-0.4, -0.2) is 30.8 Å². The quantitative estimate of drug-likeness (QED) is 0.740. The lowest BCUT2D eigenvalue weighted by Gasteiger charge is -2.24. The Balaban J connectivity index is 1.82. The second-order valence-electron chi connectivity index (χ2n) is 5.42. The lowest BCUT2D eigenvalue weighted by molar-refractivity contribution is -0.124. The fourth-order valence-corrected chi connectivity index (χ4v) is 2.34. The van der Waals surface area contributed by atoms with E-state index in [0.29, 0.717) is 12.8 Å². The Morgan fingerprint density at radius 3 is 2.86 bits per heavy atom. The van der Waals surface area contributed by atoms with Gasteiger partial charge in [0, 0.05) is 18.0 Å². The van der Waals surface area contributed by atoms with E-state index in [1.54, 1.807) is 0 Å². The van der Waals surface area contributed by atoms with E-state index in [-0.39, 0.29) is 18.2 Å². The number of benzene rings is 1. The van der Waals surface area contributed by atoms with Crippen molar-refractivity contribution in [2.45, 2.75) is 25.2 Å². The molecule has 22 heavy (non-hydrogen) atoms. The van der Waals surface area contributed by atoms with E-state index in [9.17, 15) is 18.4 Å². The van der Waals surface area contributed by atoms with Crippen LogP contribution >= 0.6 is 0 Å². The van der Waals surface area contributed by atoms with Crippen molar-refractivity contribution < 1.29 is 18.4 Å². The van der Waals surface area contributed by atoms with Crippen LogP contribution < -0.4 is 16.4 Å². The van der Waals surface area contributed by atoms with Gasteiger partial charge in [-0.2, -0.15) is 0 Å². The van der Waals surface area contributed by atoms with Crippen molar-refractivity contribution in [1.29, 1.82) is 0 Å². The average molecular weight is 311 g/mol. The zero-order chi connectivity index (χ0) is 16.2. The van der Waals surface area contributed by atoms with Crippen molar-refractivity contribution in [2.75, 3.05) is 18.4 Å². The molecular weight excluding hydrogens is 292 g/mol. The summed E-state index contributed by atoms with van der Waals surface area (Å²) >= 11 is 0. The second kappa shape index (κ2) is 6.83. The van der Waals surface area contributed by atoms with E-state index in [0.717, 1.165) is 11.3 Å². The summed E-state index contributed by atoms with van der Waals surface area (Å²) in [7, 11) is 0.